The number of aliphatic hydroxyl groups excluding tert-OH is 1. The molecule has 1 saturated heterocycles. The number of aromatic nitrogens is 4. The van der Waals surface area contributed by atoms with Crippen LogP contribution in [0.4, 0.5) is 5.95 Å². The lowest BCUT2D eigenvalue weighted by Crippen LogP contribution is -2.39. The largest absolute Gasteiger partial charge is 0.491 e. The number of benzene rings is 1. The summed E-state index contributed by atoms with van der Waals surface area (Å²) in [4.78, 5) is 32.6. The molecule has 1 aliphatic rings. The number of ether oxygens (including phenoxy) is 1. The third-order valence-electron chi connectivity index (χ3n) is 6.88. The van der Waals surface area contributed by atoms with Gasteiger partial charge in [-0.3, -0.25) is 13.9 Å². The number of hydrogen-bond donors (Lipinski definition) is 1. The average molecular weight is 484 g/mol. The van der Waals surface area contributed by atoms with Gasteiger partial charge in [-0.2, -0.15) is 4.98 Å². The molecular formula is C26H37N5O4. The molecule has 4 rings (SSSR count). The van der Waals surface area contributed by atoms with Crippen molar-refractivity contribution >= 4 is 17.1 Å². The molecule has 1 aromatic carbocycles. The molecule has 3 aromatic rings. The van der Waals surface area contributed by atoms with Crippen molar-refractivity contribution in [2.45, 2.75) is 59.1 Å². The van der Waals surface area contributed by atoms with Crippen LogP contribution < -0.4 is 20.9 Å². The molecule has 0 radical (unpaired) electrons. The molecule has 0 spiro atoms. The molecule has 0 amide bonds. The summed E-state index contributed by atoms with van der Waals surface area (Å²) in [5.74, 6) is 2.16. The summed E-state index contributed by atoms with van der Waals surface area (Å²) in [6.45, 7) is 10.3. The number of nitrogens with zero attached hydrogens (tertiary/aromatic N) is 5. The molecule has 2 atom stereocenters. The third-order valence-corrected chi connectivity index (χ3v) is 6.88. The first-order valence-electron chi connectivity index (χ1n) is 12.4. The maximum atomic E-state index is 13.2. The lowest BCUT2D eigenvalue weighted by molar-refractivity contribution is 0.0929. The van der Waals surface area contributed by atoms with Gasteiger partial charge < -0.3 is 19.3 Å². The standard InChI is InChI=1S/C26H37N5O4/c1-16(2)20-10-9-17(3)12-21(20)35-15-19(32)14-31-22-23(28(5)26(34)29(6)24(22)33)27-25(31)30-11-7-8-18(4)13-30/h9-10,12,16,18-19,32H,7-8,11,13-15H2,1-6H3/t18-,19+/m1/s1. The van der Waals surface area contributed by atoms with Crippen LogP contribution >= 0.6 is 0 Å². The molecule has 0 bridgehead atoms. The van der Waals surface area contributed by atoms with Gasteiger partial charge in [0.2, 0.25) is 5.95 Å². The Morgan fingerprint density at radius 1 is 1.20 bits per heavy atom. The zero-order valence-corrected chi connectivity index (χ0v) is 21.6. The quantitative estimate of drug-likeness (QED) is 0.555. The maximum absolute atomic E-state index is 13.2. The summed E-state index contributed by atoms with van der Waals surface area (Å²) in [5, 5.41) is 11.0. The maximum Gasteiger partial charge on any atom is 0.332 e. The van der Waals surface area contributed by atoms with Crippen LogP contribution in [-0.2, 0) is 20.6 Å². The fourth-order valence-electron chi connectivity index (χ4n) is 4.91. The van der Waals surface area contributed by atoms with E-state index in [1.54, 1.807) is 11.6 Å². The number of imidazole rings is 1. The Labute approximate surface area is 205 Å². The zero-order chi connectivity index (χ0) is 25.4. The minimum atomic E-state index is -0.879. The van der Waals surface area contributed by atoms with E-state index in [4.69, 9.17) is 9.72 Å². The van der Waals surface area contributed by atoms with Crippen molar-refractivity contribution in [2.75, 3.05) is 24.6 Å². The highest BCUT2D eigenvalue weighted by Gasteiger charge is 2.27. The fraction of sp³-hybridized carbons (Fsp3) is 0.577. The van der Waals surface area contributed by atoms with E-state index in [1.165, 1.54) is 11.6 Å². The van der Waals surface area contributed by atoms with Gasteiger partial charge in [0.25, 0.3) is 5.56 Å². The predicted molar refractivity (Wildman–Crippen MR) is 138 cm³/mol. The Balaban J connectivity index is 1.70. The summed E-state index contributed by atoms with van der Waals surface area (Å²) in [6, 6.07) is 6.11. The second kappa shape index (κ2) is 9.89. The highest BCUT2D eigenvalue weighted by molar-refractivity contribution is 5.74. The molecule has 0 aliphatic carbocycles. The smallest absolute Gasteiger partial charge is 0.332 e. The number of hydrogen-bond acceptors (Lipinski definition) is 6. The van der Waals surface area contributed by atoms with Crippen LogP contribution in [0.1, 0.15) is 50.7 Å². The Morgan fingerprint density at radius 3 is 2.63 bits per heavy atom. The Hall–Kier alpha value is -3.07. The van der Waals surface area contributed by atoms with Crippen LogP contribution in [0.2, 0.25) is 0 Å². The van der Waals surface area contributed by atoms with E-state index in [-0.39, 0.29) is 19.1 Å². The van der Waals surface area contributed by atoms with Gasteiger partial charge >= 0.3 is 5.69 Å². The molecule has 3 heterocycles. The van der Waals surface area contributed by atoms with E-state index in [0.29, 0.717) is 23.0 Å². The molecule has 9 nitrogen and oxygen atoms in total. The number of aryl methyl sites for hydroxylation is 2. The van der Waals surface area contributed by atoms with Gasteiger partial charge in [-0.15, -0.1) is 0 Å². The molecule has 0 unspecified atom stereocenters. The average Bonchev–Trinajstić information content (AvgIpc) is 3.19. The number of fused-ring (bicyclic) bond motifs is 1. The van der Waals surface area contributed by atoms with E-state index in [0.717, 1.165) is 47.4 Å². The van der Waals surface area contributed by atoms with Gasteiger partial charge in [0.15, 0.2) is 11.2 Å². The number of aliphatic hydroxyl groups is 1. The van der Waals surface area contributed by atoms with Crippen molar-refractivity contribution in [2.24, 2.45) is 20.0 Å². The van der Waals surface area contributed by atoms with Crippen LogP contribution in [-0.4, -0.2) is 49.6 Å². The van der Waals surface area contributed by atoms with E-state index in [1.807, 2.05) is 13.0 Å². The van der Waals surface area contributed by atoms with Crippen molar-refractivity contribution in [1.82, 2.24) is 18.7 Å². The van der Waals surface area contributed by atoms with Gasteiger partial charge in [0, 0.05) is 27.2 Å². The lowest BCUT2D eigenvalue weighted by atomic mass is 10.0. The lowest BCUT2D eigenvalue weighted by Gasteiger charge is -2.32. The summed E-state index contributed by atoms with van der Waals surface area (Å²) in [5.41, 5.74) is 1.99. The minimum Gasteiger partial charge on any atom is -0.491 e. The fourth-order valence-corrected chi connectivity index (χ4v) is 4.91. The van der Waals surface area contributed by atoms with Crippen LogP contribution in [0.3, 0.4) is 0 Å². The van der Waals surface area contributed by atoms with Crippen molar-refractivity contribution in [3.05, 3.63) is 50.2 Å². The summed E-state index contributed by atoms with van der Waals surface area (Å²) < 4.78 is 10.3. The van der Waals surface area contributed by atoms with Crippen molar-refractivity contribution in [3.63, 3.8) is 0 Å². The van der Waals surface area contributed by atoms with Gasteiger partial charge in [0.05, 0.1) is 6.54 Å². The van der Waals surface area contributed by atoms with E-state index >= 15 is 0 Å². The SMILES string of the molecule is Cc1ccc(C(C)C)c(OC[C@@H](O)Cn2c(N3CCC[C@@H](C)C3)nc3c2c(=O)n(C)c(=O)n3C)c1. The molecule has 1 N–H and O–H groups in total. The monoisotopic (exact) mass is 483 g/mol. The first-order chi connectivity index (χ1) is 16.6. The number of rotatable bonds is 7. The summed E-state index contributed by atoms with van der Waals surface area (Å²) in [7, 11) is 3.09. The zero-order valence-electron chi connectivity index (χ0n) is 21.6. The number of piperidine rings is 1. The first-order valence-corrected chi connectivity index (χ1v) is 12.4. The van der Waals surface area contributed by atoms with Crippen LogP contribution in [0.5, 0.6) is 5.75 Å². The summed E-state index contributed by atoms with van der Waals surface area (Å²) in [6.07, 6.45) is 1.29. The summed E-state index contributed by atoms with van der Waals surface area (Å²) >= 11 is 0. The van der Waals surface area contributed by atoms with Gasteiger partial charge in [-0.1, -0.05) is 32.9 Å². The number of anilines is 1. The van der Waals surface area contributed by atoms with Crippen LogP contribution in [0.25, 0.3) is 11.2 Å². The minimum absolute atomic E-state index is 0.0742. The van der Waals surface area contributed by atoms with Gasteiger partial charge in [-0.05, 0) is 48.8 Å². The van der Waals surface area contributed by atoms with Gasteiger partial charge in [0.1, 0.15) is 18.5 Å². The first kappa shape index (κ1) is 25.0. The molecular weight excluding hydrogens is 446 g/mol. The van der Waals surface area contributed by atoms with Crippen LogP contribution in [0, 0.1) is 12.8 Å². The molecule has 0 saturated carbocycles. The topological polar surface area (TPSA) is 94.5 Å². The molecule has 1 fully saturated rings. The Bertz CT molecular complexity index is 1340. The van der Waals surface area contributed by atoms with E-state index in [2.05, 4.69) is 37.8 Å². The Kier molecular flexibility index (Phi) is 7.07. The van der Waals surface area contributed by atoms with E-state index in [9.17, 15) is 14.7 Å². The molecule has 35 heavy (non-hydrogen) atoms. The van der Waals surface area contributed by atoms with E-state index < -0.39 is 17.4 Å². The predicted octanol–water partition coefficient (Wildman–Crippen LogP) is 2.54. The second-order valence-electron chi connectivity index (χ2n) is 10.3. The second-order valence-corrected chi connectivity index (χ2v) is 10.3. The molecule has 2 aromatic heterocycles. The highest BCUT2D eigenvalue weighted by atomic mass is 16.5. The normalized spacial score (nSPS) is 17.4. The third kappa shape index (κ3) is 4.87. The van der Waals surface area contributed by atoms with Crippen LogP contribution in [0.15, 0.2) is 27.8 Å². The molecule has 9 heteroatoms. The molecule has 190 valence electrons. The highest BCUT2D eigenvalue weighted by Crippen LogP contribution is 2.28. The molecule has 1 aliphatic heterocycles. The van der Waals surface area contributed by atoms with Gasteiger partial charge in [-0.25, -0.2) is 4.79 Å². The van der Waals surface area contributed by atoms with Crippen molar-refractivity contribution in [1.29, 1.82) is 0 Å². The Morgan fingerprint density at radius 2 is 1.94 bits per heavy atom. The van der Waals surface area contributed by atoms with Crippen molar-refractivity contribution < 1.29 is 9.84 Å². The van der Waals surface area contributed by atoms with Crippen molar-refractivity contribution in [3.8, 4) is 5.75 Å².